The number of carbonyl (C=O) groups excluding carboxylic acids is 2. The molecule has 4 nitrogen and oxygen atoms in total. The largest absolute Gasteiger partial charge is 0.354 e. The molecule has 4 aromatic rings. The number of nitrogens with zero attached hydrogens (tertiary/aromatic N) is 1. The van der Waals surface area contributed by atoms with E-state index in [-0.39, 0.29) is 11.8 Å². The molecule has 1 N–H and O–H groups in total. The fourth-order valence-electron chi connectivity index (χ4n) is 4.93. The van der Waals surface area contributed by atoms with Crippen LogP contribution in [0, 0.1) is 6.92 Å². The molecule has 0 radical (unpaired) electrons. The van der Waals surface area contributed by atoms with Crippen LogP contribution in [0.15, 0.2) is 97.1 Å². The van der Waals surface area contributed by atoms with Gasteiger partial charge in [-0.1, -0.05) is 110 Å². The second-order valence-corrected chi connectivity index (χ2v) is 9.94. The van der Waals surface area contributed by atoms with Gasteiger partial charge in [-0.3, -0.25) is 9.59 Å². The van der Waals surface area contributed by atoms with Crippen LogP contribution in [0.5, 0.6) is 0 Å². The zero-order chi connectivity index (χ0) is 26.7. The van der Waals surface area contributed by atoms with E-state index in [9.17, 15) is 9.59 Å². The molecular formula is C34H38N2O2. The van der Waals surface area contributed by atoms with E-state index in [0.717, 1.165) is 35.1 Å². The molecule has 2 amide bonds. The molecule has 0 aliphatic carbocycles. The van der Waals surface area contributed by atoms with E-state index in [1.54, 1.807) is 0 Å². The van der Waals surface area contributed by atoms with E-state index in [1.165, 1.54) is 10.8 Å². The Hall–Kier alpha value is -3.92. The maximum atomic E-state index is 14.0. The van der Waals surface area contributed by atoms with Crippen LogP contribution in [-0.4, -0.2) is 29.3 Å². The fraction of sp³-hybridized carbons (Fsp3) is 0.294. The minimum atomic E-state index is -0.589. The second kappa shape index (κ2) is 13.6. The van der Waals surface area contributed by atoms with Crippen LogP contribution in [0.3, 0.4) is 0 Å². The molecule has 0 aromatic heterocycles. The molecule has 4 aromatic carbocycles. The SMILES string of the molecule is CCCCNC(=O)C(Cc1ccccc1)N(Cc1ccccc1C)C(=O)CCc1cccc2ccccc12. The summed E-state index contributed by atoms with van der Waals surface area (Å²) >= 11 is 0. The molecule has 0 saturated carbocycles. The molecule has 0 spiro atoms. The number of amides is 2. The third kappa shape index (κ3) is 7.10. The summed E-state index contributed by atoms with van der Waals surface area (Å²) < 4.78 is 0. The molecule has 0 fully saturated rings. The number of hydrogen-bond acceptors (Lipinski definition) is 2. The zero-order valence-electron chi connectivity index (χ0n) is 22.5. The number of benzene rings is 4. The third-order valence-electron chi connectivity index (χ3n) is 7.19. The molecule has 1 atom stereocenters. The molecule has 4 rings (SSSR count). The summed E-state index contributed by atoms with van der Waals surface area (Å²) in [7, 11) is 0. The maximum Gasteiger partial charge on any atom is 0.243 e. The first-order valence-corrected chi connectivity index (χ1v) is 13.7. The van der Waals surface area contributed by atoms with Gasteiger partial charge in [0.1, 0.15) is 6.04 Å². The average Bonchev–Trinajstić information content (AvgIpc) is 2.95. The van der Waals surface area contributed by atoms with Crippen molar-refractivity contribution in [3.8, 4) is 0 Å². The van der Waals surface area contributed by atoms with Gasteiger partial charge in [-0.25, -0.2) is 0 Å². The molecule has 1 unspecified atom stereocenters. The van der Waals surface area contributed by atoms with Crippen molar-refractivity contribution in [3.05, 3.63) is 119 Å². The predicted molar refractivity (Wildman–Crippen MR) is 156 cm³/mol. The molecule has 4 heteroatoms. The summed E-state index contributed by atoms with van der Waals surface area (Å²) in [4.78, 5) is 29.4. The highest BCUT2D eigenvalue weighted by molar-refractivity contribution is 5.89. The molecule has 0 heterocycles. The van der Waals surface area contributed by atoms with Gasteiger partial charge in [0, 0.05) is 25.9 Å². The summed E-state index contributed by atoms with van der Waals surface area (Å²) in [5.74, 6) is -0.0952. The van der Waals surface area contributed by atoms with E-state index in [1.807, 2.05) is 65.6 Å². The minimum absolute atomic E-state index is 0.00670. The Morgan fingerprint density at radius 2 is 1.50 bits per heavy atom. The lowest BCUT2D eigenvalue weighted by molar-refractivity contribution is -0.141. The lowest BCUT2D eigenvalue weighted by atomic mass is 9.98. The van der Waals surface area contributed by atoms with E-state index < -0.39 is 6.04 Å². The van der Waals surface area contributed by atoms with Crippen LogP contribution in [0.4, 0.5) is 0 Å². The van der Waals surface area contributed by atoms with Crippen molar-refractivity contribution in [2.24, 2.45) is 0 Å². The number of hydrogen-bond donors (Lipinski definition) is 1. The lowest BCUT2D eigenvalue weighted by Gasteiger charge is -2.32. The van der Waals surface area contributed by atoms with Gasteiger partial charge >= 0.3 is 0 Å². The van der Waals surface area contributed by atoms with Gasteiger partial charge in [0.2, 0.25) is 11.8 Å². The Labute approximate surface area is 226 Å². The van der Waals surface area contributed by atoms with Gasteiger partial charge in [0.25, 0.3) is 0 Å². The second-order valence-electron chi connectivity index (χ2n) is 9.94. The molecule has 0 aliphatic rings. The van der Waals surface area contributed by atoms with Crippen molar-refractivity contribution < 1.29 is 9.59 Å². The lowest BCUT2D eigenvalue weighted by Crippen LogP contribution is -2.50. The monoisotopic (exact) mass is 506 g/mol. The van der Waals surface area contributed by atoms with Crippen molar-refractivity contribution in [3.63, 3.8) is 0 Å². The molecule has 0 bridgehead atoms. The summed E-state index contributed by atoms with van der Waals surface area (Å²) in [6.07, 6.45) is 3.36. The van der Waals surface area contributed by atoms with E-state index in [2.05, 4.69) is 55.6 Å². The van der Waals surface area contributed by atoms with Gasteiger partial charge in [-0.2, -0.15) is 0 Å². The average molecular weight is 507 g/mol. The topological polar surface area (TPSA) is 49.4 Å². The molecule has 196 valence electrons. The molecule has 38 heavy (non-hydrogen) atoms. The Morgan fingerprint density at radius 1 is 0.816 bits per heavy atom. The third-order valence-corrected chi connectivity index (χ3v) is 7.19. The smallest absolute Gasteiger partial charge is 0.243 e. The number of fused-ring (bicyclic) bond motifs is 1. The summed E-state index contributed by atoms with van der Waals surface area (Å²) in [5.41, 5.74) is 4.37. The Balaban J connectivity index is 1.63. The van der Waals surface area contributed by atoms with E-state index >= 15 is 0 Å². The van der Waals surface area contributed by atoms with E-state index in [0.29, 0.717) is 32.4 Å². The number of nitrogens with one attached hydrogen (secondary N) is 1. The van der Waals surface area contributed by atoms with Crippen molar-refractivity contribution >= 4 is 22.6 Å². The molecule has 0 saturated heterocycles. The molecule has 0 aliphatic heterocycles. The van der Waals surface area contributed by atoms with Crippen LogP contribution in [0.2, 0.25) is 0 Å². The number of carbonyl (C=O) groups is 2. The number of rotatable bonds is 12. The number of aryl methyl sites for hydroxylation is 2. The summed E-state index contributed by atoms with van der Waals surface area (Å²) in [5, 5.41) is 5.45. The van der Waals surface area contributed by atoms with Gasteiger partial charge in [-0.05, 0) is 52.8 Å². The Bertz CT molecular complexity index is 1340. The summed E-state index contributed by atoms with van der Waals surface area (Å²) in [6.45, 7) is 5.18. The standard InChI is InChI=1S/C34H38N2O2/c1-3-4-23-35-34(38)32(24-27-14-6-5-7-15-27)36(25-30-17-9-8-13-26(30)2)33(37)22-21-29-19-12-18-28-16-10-11-20-31(28)29/h5-20,32H,3-4,21-25H2,1-2H3,(H,35,38). The first-order chi connectivity index (χ1) is 18.6. The Morgan fingerprint density at radius 3 is 2.29 bits per heavy atom. The van der Waals surface area contributed by atoms with Gasteiger partial charge in [-0.15, -0.1) is 0 Å². The normalized spacial score (nSPS) is 11.7. The van der Waals surface area contributed by atoms with Crippen molar-refractivity contribution in [1.29, 1.82) is 0 Å². The first kappa shape index (κ1) is 27.1. The van der Waals surface area contributed by atoms with E-state index in [4.69, 9.17) is 0 Å². The predicted octanol–water partition coefficient (Wildman–Crippen LogP) is 6.64. The molecular weight excluding hydrogens is 468 g/mol. The number of unbranched alkanes of at least 4 members (excludes halogenated alkanes) is 1. The highest BCUT2D eigenvalue weighted by atomic mass is 16.2. The van der Waals surface area contributed by atoms with Crippen LogP contribution >= 0.6 is 0 Å². The maximum absolute atomic E-state index is 14.0. The highest BCUT2D eigenvalue weighted by Crippen LogP contribution is 2.22. The minimum Gasteiger partial charge on any atom is -0.354 e. The van der Waals surface area contributed by atoms with Crippen molar-refractivity contribution in [2.45, 2.75) is 58.5 Å². The highest BCUT2D eigenvalue weighted by Gasteiger charge is 2.30. The fourth-order valence-corrected chi connectivity index (χ4v) is 4.93. The van der Waals surface area contributed by atoms with Crippen LogP contribution in [-0.2, 0) is 29.0 Å². The van der Waals surface area contributed by atoms with Gasteiger partial charge < -0.3 is 10.2 Å². The van der Waals surface area contributed by atoms with Crippen LogP contribution < -0.4 is 5.32 Å². The van der Waals surface area contributed by atoms with Crippen molar-refractivity contribution in [2.75, 3.05) is 6.54 Å². The summed E-state index contributed by atoms with van der Waals surface area (Å²) in [6, 6.07) is 32.0. The zero-order valence-corrected chi connectivity index (χ0v) is 22.5. The van der Waals surface area contributed by atoms with Crippen molar-refractivity contribution in [1.82, 2.24) is 10.2 Å². The van der Waals surface area contributed by atoms with Gasteiger partial charge in [0.15, 0.2) is 0 Å². The Kier molecular flexibility index (Phi) is 9.69. The first-order valence-electron chi connectivity index (χ1n) is 13.7. The van der Waals surface area contributed by atoms with Crippen LogP contribution in [0.1, 0.15) is 48.4 Å². The van der Waals surface area contributed by atoms with Gasteiger partial charge in [0.05, 0.1) is 0 Å². The van der Waals surface area contributed by atoms with Crippen LogP contribution in [0.25, 0.3) is 10.8 Å². The quantitative estimate of drug-likeness (QED) is 0.219.